The van der Waals surface area contributed by atoms with Gasteiger partial charge in [0.05, 0.1) is 6.61 Å². The van der Waals surface area contributed by atoms with Gasteiger partial charge in [-0.15, -0.1) is 0 Å². The maximum absolute atomic E-state index is 11.7. The molecule has 0 bridgehead atoms. The zero-order chi connectivity index (χ0) is 15.6. The van der Waals surface area contributed by atoms with E-state index in [1.165, 1.54) is 11.6 Å². The van der Waals surface area contributed by atoms with E-state index in [-0.39, 0.29) is 12.2 Å². The number of carbonyl (C=O) groups is 1. The molecule has 4 heteroatoms. The van der Waals surface area contributed by atoms with E-state index < -0.39 is 5.97 Å². The highest BCUT2D eigenvalue weighted by atomic mass is 16.5. The van der Waals surface area contributed by atoms with Gasteiger partial charge in [-0.05, 0) is 51.0 Å². The number of benzene rings is 1. The molecule has 4 nitrogen and oxygen atoms in total. The Labute approximate surface area is 123 Å². The minimum atomic E-state index is -0.632. The zero-order valence-corrected chi connectivity index (χ0v) is 12.6. The molecular formula is C17H17NO3. The number of carbonyl (C=O) groups excluding carboxylic acids is 1. The van der Waals surface area contributed by atoms with Gasteiger partial charge in [0.25, 0.3) is 0 Å². The maximum Gasteiger partial charge on any atom is 0.349 e. The first-order valence-electron chi connectivity index (χ1n) is 6.77. The average Bonchev–Trinajstić information content (AvgIpc) is 2.73. The Hall–Kier alpha value is -2.54. The van der Waals surface area contributed by atoms with Crippen molar-refractivity contribution < 1.29 is 13.9 Å². The van der Waals surface area contributed by atoms with Gasteiger partial charge in [-0.2, -0.15) is 5.26 Å². The summed E-state index contributed by atoms with van der Waals surface area (Å²) in [5, 5.41) is 10.1. The second-order valence-electron chi connectivity index (χ2n) is 4.91. The molecule has 1 aromatic heterocycles. The lowest BCUT2D eigenvalue weighted by Crippen LogP contribution is -2.05. The Bertz CT molecular complexity index is 775. The topological polar surface area (TPSA) is 63.2 Å². The third-order valence-electron chi connectivity index (χ3n) is 3.48. The van der Waals surface area contributed by atoms with Gasteiger partial charge in [0.15, 0.2) is 0 Å². The fourth-order valence-corrected chi connectivity index (χ4v) is 2.11. The van der Waals surface area contributed by atoms with Crippen molar-refractivity contribution in [2.75, 3.05) is 6.61 Å². The molecule has 0 fully saturated rings. The van der Waals surface area contributed by atoms with E-state index in [0.29, 0.717) is 5.76 Å². The van der Waals surface area contributed by atoms with Crippen LogP contribution < -0.4 is 0 Å². The van der Waals surface area contributed by atoms with Crippen LogP contribution in [-0.4, -0.2) is 12.6 Å². The lowest BCUT2D eigenvalue weighted by molar-refractivity contribution is -0.137. The van der Waals surface area contributed by atoms with Crippen LogP contribution in [0.5, 0.6) is 0 Å². The lowest BCUT2D eigenvalue weighted by atomic mass is 10.0. The molecule has 1 heterocycles. The van der Waals surface area contributed by atoms with Crippen LogP contribution in [0.1, 0.15) is 29.4 Å². The fourth-order valence-electron chi connectivity index (χ4n) is 2.11. The molecule has 2 aromatic rings. The number of furan rings is 1. The zero-order valence-electron chi connectivity index (χ0n) is 12.6. The van der Waals surface area contributed by atoms with E-state index in [1.807, 2.05) is 32.9 Å². The van der Waals surface area contributed by atoms with Crippen molar-refractivity contribution >= 4 is 23.0 Å². The Kier molecular flexibility index (Phi) is 4.13. The highest BCUT2D eigenvalue weighted by Crippen LogP contribution is 2.29. The van der Waals surface area contributed by atoms with Crippen LogP contribution in [0.3, 0.4) is 0 Å². The number of fused-ring (bicyclic) bond motifs is 1. The van der Waals surface area contributed by atoms with Gasteiger partial charge < -0.3 is 9.15 Å². The molecule has 0 amide bonds. The number of nitriles is 1. The van der Waals surface area contributed by atoms with Crippen LogP contribution >= 0.6 is 0 Å². The quantitative estimate of drug-likeness (QED) is 0.488. The Balaban J connectivity index is 2.54. The first kappa shape index (κ1) is 14.9. The van der Waals surface area contributed by atoms with Gasteiger partial charge in [0.1, 0.15) is 23.0 Å². The van der Waals surface area contributed by atoms with Crippen LogP contribution in [0, 0.1) is 32.1 Å². The molecule has 0 aliphatic rings. The molecule has 0 radical (unpaired) electrons. The van der Waals surface area contributed by atoms with E-state index >= 15 is 0 Å². The van der Waals surface area contributed by atoms with Crippen molar-refractivity contribution in [3.05, 3.63) is 40.2 Å². The first-order chi connectivity index (χ1) is 9.97. The summed E-state index contributed by atoms with van der Waals surface area (Å²) < 4.78 is 10.6. The minimum Gasteiger partial charge on any atom is -0.462 e. The van der Waals surface area contributed by atoms with Crippen LogP contribution in [0.15, 0.2) is 22.1 Å². The van der Waals surface area contributed by atoms with Gasteiger partial charge in [-0.3, -0.25) is 0 Å². The summed E-state index contributed by atoms with van der Waals surface area (Å²) in [5.41, 5.74) is 3.91. The van der Waals surface area contributed by atoms with Gasteiger partial charge in [0, 0.05) is 17.0 Å². The molecule has 21 heavy (non-hydrogen) atoms. The highest BCUT2D eigenvalue weighted by Gasteiger charge is 2.15. The molecule has 108 valence electrons. The first-order valence-corrected chi connectivity index (χ1v) is 6.77. The van der Waals surface area contributed by atoms with Gasteiger partial charge in [-0.25, -0.2) is 4.79 Å². The molecule has 0 aliphatic carbocycles. The number of ether oxygens (including phenoxy) is 1. The van der Waals surface area contributed by atoms with E-state index in [9.17, 15) is 4.79 Å². The third kappa shape index (κ3) is 2.82. The predicted molar refractivity (Wildman–Crippen MR) is 80.6 cm³/mol. The number of rotatable bonds is 3. The van der Waals surface area contributed by atoms with Crippen LogP contribution in [0.25, 0.3) is 17.0 Å². The van der Waals surface area contributed by atoms with Gasteiger partial charge in [0.2, 0.25) is 0 Å². The largest absolute Gasteiger partial charge is 0.462 e. The summed E-state index contributed by atoms with van der Waals surface area (Å²) in [6, 6.07) is 5.87. The molecule has 0 spiro atoms. The van der Waals surface area contributed by atoms with Crippen molar-refractivity contribution in [2.24, 2.45) is 0 Å². The SMILES string of the molecule is CCOC(=O)/C(C#N)=C/c1oc2cc(C)c(C)cc2c1C. The molecule has 0 aliphatic heterocycles. The van der Waals surface area contributed by atoms with Crippen LogP contribution in [0.2, 0.25) is 0 Å². The van der Waals surface area contributed by atoms with E-state index in [2.05, 4.69) is 6.07 Å². The van der Waals surface area contributed by atoms with Crippen molar-refractivity contribution in [2.45, 2.75) is 27.7 Å². The number of aryl methyl sites for hydroxylation is 3. The normalized spacial score (nSPS) is 11.5. The maximum atomic E-state index is 11.7. The third-order valence-corrected chi connectivity index (χ3v) is 3.48. The summed E-state index contributed by atoms with van der Waals surface area (Å²) in [4.78, 5) is 11.7. The molecule has 0 saturated heterocycles. The van der Waals surface area contributed by atoms with Gasteiger partial charge in [-0.1, -0.05) is 0 Å². The standard InChI is InChI=1S/C17H17NO3/c1-5-20-17(19)13(9-18)8-15-12(4)14-6-10(2)11(3)7-16(14)21-15/h6-8H,5H2,1-4H3/b13-8+. The molecule has 0 N–H and O–H groups in total. The fraction of sp³-hybridized carbons (Fsp3) is 0.294. The number of esters is 1. The molecule has 0 unspecified atom stereocenters. The monoisotopic (exact) mass is 283 g/mol. The molecule has 0 saturated carbocycles. The highest BCUT2D eigenvalue weighted by molar-refractivity contribution is 5.98. The second-order valence-corrected chi connectivity index (χ2v) is 4.91. The summed E-state index contributed by atoms with van der Waals surface area (Å²) in [6.07, 6.45) is 1.44. The number of hydrogen-bond acceptors (Lipinski definition) is 4. The Morgan fingerprint density at radius 2 is 2.00 bits per heavy atom. The average molecular weight is 283 g/mol. The van der Waals surface area contributed by atoms with E-state index in [1.54, 1.807) is 6.92 Å². The number of hydrogen-bond donors (Lipinski definition) is 0. The molecular weight excluding hydrogens is 266 g/mol. The van der Waals surface area contributed by atoms with Gasteiger partial charge >= 0.3 is 5.97 Å². The summed E-state index contributed by atoms with van der Waals surface area (Å²) in [7, 11) is 0. The van der Waals surface area contributed by atoms with Crippen molar-refractivity contribution in [3.8, 4) is 6.07 Å². The minimum absolute atomic E-state index is 0.0625. The smallest absolute Gasteiger partial charge is 0.349 e. The van der Waals surface area contributed by atoms with Crippen LogP contribution in [-0.2, 0) is 9.53 Å². The van der Waals surface area contributed by atoms with E-state index in [4.69, 9.17) is 14.4 Å². The second kappa shape index (κ2) is 5.84. The van der Waals surface area contributed by atoms with Crippen molar-refractivity contribution in [1.82, 2.24) is 0 Å². The summed E-state index contributed by atoms with van der Waals surface area (Å²) in [5.74, 6) is -0.119. The van der Waals surface area contributed by atoms with E-state index in [0.717, 1.165) is 22.1 Å². The molecule has 1 aromatic carbocycles. The molecule has 2 rings (SSSR count). The summed E-state index contributed by atoms with van der Waals surface area (Å²) in [6.45, 7) is 7.89. The molecule has 0 atom stereocenters. The van der Waals surface area contributed by atoms with Crippen molar-refractivity contribution in [1.29, 1.82) is 5.26 Å². The van der Waals surface area contributed by atoms with Crippen LogP contribution in [0.4, 0.5) is 0 Å². The predicted octanol–water partition coefficient (Wildman–Crippen LogP) is 3.83. The lowest BCUT2D eigenvalue weighted by Gasteiger charge is -1.98. The summed E-state index contributed by atoms with van der Waals surface area (Å²) >= 11 is 0. The number of nitrogens with zero attached hydrogens (tertiary/aromatic N) is 1. The Morgan fingerprint density at radius 3 is 2.62 bits per heavy atom. The van der Waals surface area contributed by atoms with Crippen molar-refractivity contribution in [3.63, 3.8) is 0 Å². The Morgan fingerprint density at radius 1 is 1.33 bits per heavy atom.